The molecule has 3 aromatic heterocycles. The van der Waals surface area contributed by atoms with E-state index >= 15 is 0 Å². The largest absolute Gasteiger partial charge is 0.439 e. The van der Waals surface area contributed by atoms with Crippen molar-refractivity contribution in [2.75, 3.05) is 26.2 Å². The summed E-state index contributed by atoms with van der Waals surface area (Å²) in [6.45, 7) is 9.32. The summed E-state index contributed by atoms with van der Waals surface area (Å²) in [6.07, 6.45) is 5.25. The Hall–Kier alpha value is -3.60. The highest BCUT2D eigenvalue weighted by atomic mass is 28.3. The monoisotopic (exact) mass is 556 g/mol. The van der Waals surface area contributed by atoms with Crippen LogP contribution in [0.2, 0.25) is 19.1 Å². The van der Waals surface area contributed by atoms with Crippen molar-refractivity contribution in [2.24, 2.45) is 0 Å². The van der Waals surface area contributed by atoms with Gasteiger partial charge in [-0.3, -0.25) is 14.7 Å². The minimum Gasteiger partial charge on any atom is -0.439 e. The van der Waals surface area contributed by atoms with Gasteiger partial charge in [-0.25, -0.2) is 9.67 Å². The highest BCUT2D eigenvalue weighted by molar-refractivity contribution is 6.55. The fraction of sp³-hybridized carbons (Fsp3) is 0.400. The summed E-state index contributed by atoms with van der Waals surface area (Å²) in [5, 5.41) is 5.43. The van der Waals surface area contributed by atoms with Gasteiger partial charge in [0, 0.05) is 83.5 Å². The van der Waals surface area contributed by atoms with Crippen LogP contribution < -0.4 is 4.74 Å². The van der Waals surface area contributed by atoms with Crippen molar-refractivity contribution in [2.45, 2.75) is 51.3 Å². The summed E-state index contributed by atoms with van der Waals surface area (Å²) >= 11 is 0. The molecule has 0 saturated carbocycles. The maximum atomic E-state index is 12.0. The number of aromatic nitrogens is 4. The second kappa shape index (κ2) is 11.9. The number of hydrogen-bond acceptors (Lipinski definition) is 7. The van der Waals surface area contributed by atoms with E-state index in [9.17, 15) is 4.79 Å². The maximum absolute atomic E-state index is 12.0. The fourth-order valence-corrected chi connectivity index (χ4v) is 6.10. The summed E-state index contributed by atoms with van der Waals surface area (Å²) in [6, 6.07) is 17.5. The van der Waals surface area contributed by atoms with Crippen LogP contribution in [-0.4, -0.2) is 76.5 Å². The number of benzene rings is 1. The van der Waals surface area contributed by atoms with Crippen LogP contribution in [0.25, 0.3) is 22.2 Å². The van der Waals surface area contributed by atoms with Gasteiger partial charge in [0.2, 0.25) is 11.8 Å². The van der Waals surface area contributed by atoms with Crippen LogP contribution in [0.1, 0.15) is 18.5 Å². The molecule has 0 bridgehead atoms. The Labute approximate surface area is 236 Å². The van der Waals surface area contributed by atoms with Gasteiger partial charge in [0.05, 0.1) is 16.9 Å². The zero-order valence-corrected chi connectivity index (χ0v) is 24.4. The molecule has 2 aliphatic heterocycles. The molecule has 2 saturated heterocycles. The standard InChI is InChI=1S/C30H36N6O3Si/c1-40(2)16-15-38-21-36-28(11-12-32-36)23-4-9-29(31-18-23)39-26-7-8-27-22(17-26)3-5-24(33-27)19-34-13-14-35-25(20-34)6-10-30(35)37/h3-5,7-9,11-12,17-18,25,40H,6,10,13-16,19-21H2,1-2H3. The fourth-order valence-electron chi connectivity index (χ4n) is 5.46. The van der Waals surface area contributed by atoms with E-state index in [1.807, 2.05) is 41.1 Å². The molecule has 0 spiro atoms. The Morgan fingerprint density at radius 1 is 1.07 bits per heavy atom. The molecule has 2 aliphatic rings. The van der Waals surface area contributed by atoms with Crippen LogP contribution in [-0.2, 0) is 22.8 Å². The number of ether oxygens (including phenoxy) is 2. The number of amides is 1. The van der Waals surface area contributed by atoms with Crippen LogP contribution in [0.3, 0.4) is 0 Å². The molecular weight excluding hydrogens is 520 g/mol. The molecule has 1 atom stereocenters. The van der Waals surface area contributed by atoms with Gasteiger partial charge in [-0.1, -0.05) is 19.2 Å². The van der Waals surface area contributed by atoms with Crippen molar-refractivity contribution < 1.29 is 14.3 Å². The van der Waals surface area contributed by atoms with E-state index in [0.717, 1.165) is 78.9 Å². The summed E-state index contributed by atoms with van der Waals surface area (Å²) < 4.78 is 13.8. The van der Waals surface area contributed by atoms with E-state index < -0.39 is 8.80 Å². The minimum absolute atomic E-state index is 0.309. The van der Waals surface area contributed by atoms with Crippen molar-refractivity contribution in [3.05, 3.63) is 66.6 Å². The van der Waals surface area contributed by atoms with Gasteiger partial charge in [-0.15, -0.1) is 0 Å². The van der Waals surface area contributed by atoms with Gasteiger partial charge < -0.3 is 14.4 Å². The molecular formula is C30H36N6O3Si. The second-order valence-corrected chi connectivity index (χ2v) is 14.5. The van der Waals surface area contributed by atoms with Crippen molar-refractivity contribution in [3.8, 4) is 22.9 Å². The number of pyridine rings is 2. The van der Waals surface area contributed by atoms with Crippen LogP contribution in [0.4, 0.5) is 0 Å². The average molecular weight is 557 g/mol. The number of carbonyl (C=O) groups excluding carboxylic acids is 1. The van der Waals surface area contributed by atoms with Crippen LogP contribution in [0.5, 0.6) is 11.6 Å². The van der Waals surface area contributed by atoms with Gasteiger partial charge in [-0.05, 0) is 48.9 Å². The number of nitrogens with zero attached hydrogens (tertiary/aromatic N) is 6. The average Bonchev–Trinajstić information content (AvgIpc) is 3.58. The first-order valence-corrected chi connectivity index (χ1v) is 17.3. The zero-order valence-electron chi connectivity index (χ0n) is 23.2. The highest BCUT2D eigenvalue weighted by Crippen LogP contribution is 2.27. The molecule has 9 nitrogen and oxygen atoms in total. The predicted octanol–water partition coefficient (Wildman–Crippen LogP) is 4.55. The van der Waals surface area contributed by atoms with Crippen LogP contribution >= 0.6 is 0 Å². The normalized spacial score (nSPS) is 17.6. The number of fused-ring (bicyclic) bond motifs is 2. The quantitative estimate of drug-likeness (QED) is 0.209. The Bertz CT molecular complexity index is 1470. The minimum atomic E-state index is -0.611. The molecule has 4 aromatic rings. The van der Waals surface area contributed by atoms with E-state index in [1.54, 1.807) is 12.4 Å². The lowest BCUT2D eigenvalue weighted by atomic mass is 10.1. The van der Waals surface area contributed by atoms with Crippen LogP contribution in [0.15, 0.2) is 60.9 Å². The Morgan fingerprint density at radius 2 is 2.00 bits per heavy atom. The summed E-state index contributed by atoms with van der Waals surface area (Å²) in [5.41, 5.74) is 3.91. The molecule has 5 heterocycles. The smallest absolute Gasteiger partial charge is 0.222 e. The van der Waals surface area contributed by atoms with Crippen molar-refractivity contribution in [1.29, 1.82) is 0 Å². The van der Waals surface area contributed by atoms with Crippen molar-refractivity contribution >= 4 is 25.6 Å². The number of piperazine rings is 1. The third kappa shape index (κ3) is 6.09. The highest BCUT2D eigenvalue weighted by Gasteiger charge is 2.35. The first kappa shape index (κ1) is 26.6. The molecule has 1 amide bonds. The summed E-state index contributed by atoms with van der Waals surface area (Å²) in [4.78, 5) is 25.9. The Kier molecular flexibility index (Phi) is 7.90. The van der Waals surface area contributed by atoms with E-state index in [-0.39, 0.29) is 0 Å². The lowest BCUT2D eigenvalue weighted by Gasteiger charge is -2.37. The van der Waals surface area contributed by atoms with E-state index in [2.05, 4.69) is 45.1 Å². The Balaban J connectivity index is 1.07. The second-order valence-electron chi connectivity index (χ2n) is 11.1. The van der Waals surface area contributed by atoms with Crippen molar-refractivity contribution in [3.63, 3.8) is 0 Å². The zero-order chi connectivity index (χ0) is 27.5. The molecule has 40 heavy (non-hydrogen) atoms. The molecule has 10 heteroatoms. The summed E-state index contributed by atoms with van der Waals surface area (Å²) in [7, 11) is -0.611. The van der Waals surface area contributed by atoms with Gasteiger partial charge in [0.1, 0.15) is 12.5 Å². The SMILES string of the molecule is C[SiH](C)CCOCn1nccc1-c1ccc(Oc2ccc3nc(CN4CCN5C(=O)CCC5C4)ccc3c2)nc1. The van der Waals surface area contributed by atoms with Crippen molar-refractivity contribution in [1.82, 2.24) is 29.5 Å². The first-order valence-electron chi connectivity index (χ1n) is 14.2. The van der Waals surface area contributed by atoms with Gasteiger partial charge in [0.15, 0.2) is 0 Å². The molecule has 2 fully saturated rings. The first-order chi connectivity index (χ1) is 19.5. The van der Waals surface area contributed by atoms with Gasteiger partial charge in [-0.2, -0.15) is 5.10 Å². The number of hydrogen-bond donors (Lipinski definition) is 0. The molecule has 0 N–H and O–H groups in total. The van der Waals surface area contributed by atoms with Crippen LogP contribution in [0, 0.1) is 0 Å². The van der Waals surface area contributed by atoms with Gasteiger partial charge >= 0.3 is 0 Å². The lowest BCUT2D eigenvalue weighted by molar-refractivity contribution is -0.130. The molecule has 1 unspecified atom stereocenters. The number of rotatable bonds is 10. The maximum Gasteiger partial charge on any atom is 0.222 e. The van der Waals surface area contributed by atoms with E-state index in [0.29, 0.717) is 31.0 Å². The molecule has 6 rings (SSSR count). The molecule has 0 radical (unpaired) electrons. The van der Waals surface area contributed by atoms with Gasteiger partial charge in [0.25, 0.3) is 0 Å². The third-order valence-electron chi connectivity index (χ3n) is 7.71. The molecule has 0 aliphatic carbocycles. The lowest BCUT2D eigenvalue weighted by Crippen LogP contribution is -2.51. The number of carbonyl (C=O) groups is 1. The third-order valence-corrected chi connectivity index (χ3v) is 9.10. The molecule has 1 aromatic carbocycles. The van der Waals surface area contributed by atoms with E-state index in [4.69, 9.17) is 14.5 Å². The Morgan fingerprint density at radius 3 is 2.85 bits per heavy atom. The topological polar surface area (TPSA) is 85.6 Å². The van der Waals surface area contributed by atoms with E-state index in [1.165, 1.54) is 0 Å². The molecule has 208 valence electrons. The summed E-state index contributed by atoms with van der Waals surface area (Å²) in [5.74, 6) is 1.56. The predicted molar refractivity (Wildman–Crippen MR) is 157 cm³/mol.